The van der Waals surface area contributed by atoms with Crippen LogP contribution >= 0.6 is 0 Å². The van der Waals surface area contributed by atoms with E-state index in [1.54, 1.807) is 0 Å². The van der Waals surface area contributed by atoms with Crippen LogP contribution < -0.4 is 5.32 Å². The molecule has 0 aliphatic heterocycles. The molecule has 0 aliphatic carbocycles. The van der Waals surface area contributed by atoms with Crippen LogP contribution in [0.5, 0.6) is 0 Å². The molecule has 0 aromatic carbocycles. The van der Waals surface area contributed by atoms with Gasteiger partial charge in [-0.05, 0) is 77.0 Å². The molecule has 0 spiro atoms. The van der Waals surface area contributed by atoms with E-state index in [0.29, 0.717) is 25.9 Å². The number of nitrogens with one attached hydrogen (secondary N) is 1. The number of carbonyl (C=O) groups is 2. The fourth-order valence-corrected chi connectivity index (χ4v) is 9.16. The summed E-state index contributed by atoms with van der Waals surface area (Å²) in [5.41, 5.74) is 0. The van der Waals surface area contributed by atoms with Gasteiger partial charge >= 0.3 is 5.97 Å². The molecule has 1 amide bonds. The van der Waals surface area contributed by atoms with Gasteiger partial charge in [-0.25, -0.2) is 0 Å². The van der Waals surface area contributed by atoms with Crippen molar-refractivity contribution in [3.8, 4) is 0 Å². The minimum absolute atomic E-state index is 0.00499. The first-order valence-corrected chi connectivity index (χ1v) is 29.6. The maximum atomic E-state index is 12.4. The third kappa shape index (κ3) is 51.7. The van der Waals surface area contributed by atoms with Crippen molar-refractivity contribution >= 4 is 11.9 Å². The Morgan fingerprint density at radius 1 is 0.409 bits per heavy atom. The molecule has 0 rings (SSSR count). The average molecular weight is 931 g/mol. The van der Waals surface area contributed by atoms with Crippen LogP contribution in [0.25, 0.3) is 0 Å². The Morgan fingerprint density at radius 2 is 0.712 bits per heavy atom. The van der Waals surface area contributed by atoms with E-state index in [4.69, 9.17) is 4.74 Å². The maximum absolute atomic E-state index is 12.4. The van der Waals surface area contributed by atoms with E-state index >= 15 is 0 Å². The second-order valence-corrected chi connectivity index (χ2v) is 20.3. The van der Waals surface area contributed by atoms with Gasteiger partial charge in [0, 0.05) is 12.8 Å². The molecule has 0 heterocycles. The van der Waals surface area contributed by atoms with Crippen molar-refractivity contribution in [1.29, 1.82) is 0 Å². The monoisotopic (exact) mass is 930 g/mol. The number of aliphatic hydroxyl groups excluding tert-OH is 2. The molecule has 0 saturated heterocycles. The highest BCUT2D eigenvalue weighted by atomic mass is 16.5. The van der Waals surface area contributed by atoms with Gasteiger partial charge in [0.25, 0.3) is 0 Å². The zero-order valence-corrected chi connectivity index (χ0v) is 44.4. The first-order chi connectivity index (χ1) is 32.5. The molecule has 2 unspecified atom stereocenters. The second-order valence-electron chi connectivity index (χ2n) is 20.3. The lowest BCUT2D eigenvalue weighted by atomic mass is 10.0. The Hall–Kier alpha value is -1.66. The third-order valence-corrected chi connectivity index (χ3v) is 13.7. The summed E-state index contributed by atoms with van der Waals surface area (Å²) in [6.07, 6.45) is 67.5. The number of unbranched alkanes of at least 4 members (excludes halogenated alkanes) is 40. The molecule has 0 bridgehead atoms. The number of rotatable bonds is 55. The van der Waals surface area contributed by atoms with Crippen molar-refractivity contribution in [2.45, 2.75) is 334 Å². The predicted molar refractivity (Wildman–Crippen MR) is 287 cm³/mol. The fraction of sp³-hybridized carbons (Fsp3) is 0.900. The molecule has 6 nitrogen and oxygen atoms in total. The van der Waals surface area contributed by atoms with Gasteiger partial charge in [0.1, 0.15) is 0 Å². The Labute approximate surface area is 411 Å². The van der Waals surface area contributed by atoms with E-state index in [0.717, 1.165) is 44.9 Å². The molecule has 0 saturated carbocycles. The molecular weight excluding hydrogens is 815 g/mol. The van der Waals surface area contributed by atoms with Crippen LogP contribution in [-0.4, -0.2) is 47.4 Å². The topological polar surface area (TPSA) is 95.9 Å². The smallest absolute Gasteiger partial charge is 0.305 e. The van der Waals surface area contributed by atoms with E-state index in [9.17, 15) is 19.8 Å². The van der Waals surface area contributed by atoms with Crippen LogP contribution in [-0.2, 0) is 14.3 Å². The highest BCUT2D eigenvalue weighted by Crippen LogP contribution is 2.17. The molecule has 0 aliphatic rings. The Kier molecular flexibility index (Phi) is 54.5. The van der Waals surface area contributed by atoms with Gasteiger partial charge in [-0.2, -0.15) is 0 Å². The number of hydrogen-bond acceptors (Lipinski definition) is 5. The summed E-state index contributed by atoms with van der Waals surface area (Å²) in [7, 11) is 0. The van der Waals surface area contributed by atoms with Gasteiger partial charge in [0.05, 0.1) is 25.4 Å². The number of ether oxygens (including phenoxy) is 1. The summed E-state index contributed by atoms with van der Waals surface area (Å²) in [5.74, 6) is -0.0383. The van der Waals surface area contributed by atoms with Gasteiger partial charge in [-0.1, -0.05) is 256 Å². The quantitative estimate of drug-likeness (QED) is 0.0321. The van der Waals surface area contributed by atoms with E-state index in [-0.39, 0.29) is 18.5 Å². The van der Waals surface area contributed by atoms with Gasteiger partial charge < -0.3 is 20.3 Å². The van der Waals surface area contributed by atoms with Gasteiger partial charge in [0.2, 0.25) is 5.91 Å². The SMILES string of the molecule is CCCCCCCC/C=C\CCCCCCCCCC(=O)OCCCCCCCCCCCC/C=C\CCCCCCCCCC(=O)NC(CO)C(O)CCCCCCCCCCCCC. The summed E-state index contributed by atoms with van der Waals surface area (Å²) in [6.45, 7) is 4.94. The lowest BCUT2D eigenvalue weighted by molar-refractivity contribution is -0.143. The van der Waals surface area contributed by atoms with Crippen molar-refractivity contribution in [1.82, 2.24) is 5.32 Å². The highest BCUT2D eigenvalue weighted by Gasteiger charge is 2.20. The van der Waals surface area contributed by atoms with Crippen LogP contribution in [0.1, 0.15) is 322 Å². The number of esters is 1. The standard InChI is InChI=1S/C60H115NO5/c1-3-5-7-9-11-13-15-16-17-23-27-30-34-38-42-46-50-54-60(65)66-55-51-47-43-39-35-31-28-25-22-20-18-19-21-24-26-29-33-37-41-45-49-53-59(64)61-57(56-62)58(63)52-48-44-40-36-32-14-12-10-8-6-4-2/h16-17,19,21,57-58,62-63H,3-15,18,20,22-56H2,1-2H3,(H,61,64)/b17-16-,21-19-. The highest BCUT2D eigenvalue weighted by molar-refractivity contribution is 5.76. The number of aliphatic hydroxyl groups is 2. The molecule has 2 atom stereocenters. The second kappa shape index (κ2) is 55.9. The van der Waals surface area contributed by atoms with Crippen molar-refractivity contribution in [3.05, 3.63) is 24.3 Å². The Balaban J connectivity index is 3.40. The van der Waals surface area contributed by atoms with Crippen LogP contribution in [0.2, 0.25) is 0 Å². The maximum Gasteiger partial charge on any atom is 0.305 e. The molecule has 0 aromatic heterocycles. The van der Waals surface area contributed by atoms with E-state index in [1.165, 1.54) is 244 Å². The molecule has 390 valence electrons. The van der Waals surface area contributed by atoms with E-state index in [2.05, 4.69) is 43.5 Å². The summed E-state index contributed by atoms with van der Waals surface area (Å²) < 4.78 is 5.49. The molecule has 3 N–H and O–H groups in total. The normalized spacial score (nSPS) is 12.7. The molecule has 0 radical (unpaired) electrons. The molecule has 6 heteroatoms. The van der Waals surface area contributed by atoms with Crippen LogP contribution in [0.4, 0.5) is 0 Å². The zero-order chi connectivity index (χ0) is 47.9. The molecule has 66 heavy (non-hydrogen) atoms. The van der Waals surface area contributed by atoms with Crippen molar-refractivity contribution in [3.63, 3.8) is 0 Å². The minimum atomic E-state index is -0.667. The van der Waals surface area contributed by atoms with E-state index in [1.807, 2.05) is 0 Å². The van der Waals surface area contributed by atoms with Crippen LogP contribution in [0.3, 0.4) is 0 Å². The zero-order valence-electron chi connectivity index (χ0n) is 44.4. The largest absolute Gasteiger partial charge is 0.466 e. The lowest BCUT2D eigenvalue weighted by Gasteiger charge is -2.22. The van der Waals surface area contributed by atoms with Gasteiger partial charge in [-0.15, -0.1) is 0 Å². The van der Waals surface area contributed by atoms with Crippen molar-refractivity contribution < 1.29 is 24.5 Å². The lowest BCUT2D eigenvalue weighted by Crippen LogP contribution is -2.45. The summed E-state index contributed by atoms with van der Waals surface area (Å²) in [4.78, 5) is 24.5. The Morgan fingerprint density at radius 3 is 1.08 bits per heavy atom. The van der Waals surface area contributed by atoms with E-state index < -0.39 is 12.1 Å². The van der Waals surface area contributed by atoms with Crippen molar-refractivity contribution in [2.75, 3.05) is 13.2 Å². The molecule has 0 aromatic rings. The van der Waals surface area contributed by atoms with Gasteiger partial charge in [0.15, 0.2) is 0 Å². The average Bonchev–Trinajstić information content (AvgIpc) is 3.32. The van der Waals surface area contributed by atoms with Crippen LogP contribution in [0.15, 0.2) is 24.3 Å². The third-order valence-electron chi connectivity index (χ3n) is 13.7. The Bertz CT molecular complexity index is 1030. The molecule has 0 fully saturated rings. The number of hydrogen-bond donors (Lipinski definition) is 3. The first kappa shape index (κ1) is 64.3. The summed E-state index contributed by atoms with van der Waals surface area (Å²) >= 11 is 0. The summed E-state index contributed by atoms with van der Waals surface area (Å²) in [5, 5.41) is 23.2. The summed E-state index contributed by atoms with van der Waals surface area (Å²) in [6, 6.07) is -0.545. The first-order valence-electron chi connectivity index (χ1n) is 29.6. The van der Waals surface area contributed by atoms with Gasteiger partial charge in [-0.3, -0.25) is 9.59 Å². The fourth-order valence-electron chi connectivity index (χ4n) is 9.16. The predicted octanol–water partition coefficient (Wildman–Crippen LogP) is 18.2. The minimum Gasteiger partial charge on any atom is -0.466 e. The number of allylic oxidation sites excluding steroid dienone is 4. The van der Waals surface area contributed by atoms with Crippen molar-refractivity contribution in [2.24, 2.45) is 0 Å². The molecular formula is C60H115NO5. The van der Waals surface area contributed by atoms with Crippen LogP contribution in [0, 0.1) is 0 Å². The number of amides is 1. The number of carbonyl (C=O) groups excluding carboxylic acids is 2.